The van der Waals surface area contributed by atoms with E-state index in [0.29, 0.717) is 64.6 Å². The summed E-state index contributed by atoms with van der Waals surface area (Å²) in [5.41, 5.74) is 22.1. The van der Waals surface area contributed by atoms with Gasteiger partial charge in [-0.1, -0.05) is 13.8 Å². The largest absolute Gasteiger partial charge is 0.480 e. The molecule has 0 bridgehead atoms. The molecule has 0 saturated carbocycles. The van der Waals surface area contributed by atoms with Crippen LogP contribution in [0.4, 0.5) is 0 Å². The first kappa shape index (κ1) is 31.1. The first-order chi connectivity index (χ1) is 17.0. The number of guanidine groups is 1. The van der Waals surface area contributed by atoms with Crippen molar-refractivity contribution in [3.8, 4) is 0 Å². The number of hydrogen-bond acceptors (Lipinski definition) is 7. The summed E-state index contributed by atoms with van der Waals surface area (Å²) in [6.07, 6.45) is 3.72. The smallest absolute Gasteiger partial charge is 0.326 e. The highest BCUT2D eigenvalue weighted by atomic mass is 16.4. The van der Waals surface area contributed by atoms with Crippen LogP contribution in [0.5, 0.6) is 0 Å². The van der Waals surface area contributed by atoms with Gasteiger partial charge in [0.05, 0.1) is 6.04 Å². The SMILES string of the molecule is CC(C)CC(NC(=O)C1CCCN1C(=O)C(N)CCCN=C(N)N)C(=O)NC(CCCCN)C(=O)O. The van der Waals surface area contributed by atoms with Gasteiger partial charge in [-0.15, -0.1) is 0 Å². The predicted molar refractivity (Wildman–Crippen MR) is 136 cm³/mol. The molecule has 1 heterocycles. The minimum Gasteiger partial charge on any atom is -0.480 e. The molecule has 36 heavy (non-hydrogen) atoms. The average Bonchev–Trinajstić information content (AvgIpc) is 3.29. The number of carbonyl (C=O) groups is 4. The first-order valence-electron chi connectivity index (χ1n) is 12.6. The normalized spacial score (nSPS) is 17.8. The van der Waals surface area contributed by atoms with Crippen LogP contribution >= 0.6 is 0 Å². The lowest BCUT2D eigenvalue weighted by Crippen LogP contribution is -2.56. The zero-order valence-electron chi connectivity index (χ0n) is 21.4. The van der Waals surface area contributed by atoms with E-state index in [0.717, 1.165) is 0 Å². The molecule has 206 valence electrons. The van der Waals surface area contributed by atoms with E-state index in [-0.39, 0.29) is 24.2 Å². The molecule has 0 aromatic rings. The Bertz CT molecular complexity index is 772. The number of carboxylic acids is 1. The topological polar surface area (TPSA) is 232 Å². The number of carboxylic acid groups (broad SMARTS) is 1. The number of aliphatic carboxylic acids is 1. The maximum absolute atomic E-state index is 13.1. The van der Waals surface area contributed by atoms with Gasteiger partial charge in [0.15, 0.2) is 5.96 Å². The number of aliphatic imine (C=N–C) groups is 1. The second kappa shape index (κ2) is 15.9. The zero-order valence-corrected chi connectivity index (χ0v) is 21.4. The number of carbonyl (C=O) groups excluding carboxylic acids is 3. The lowest BCUT2D eigenvalue weighted by Gasteiger charge is -2.29. The second-order valence-electron chi connectivity index (χ2n) is 9.62. The van der Waals surface area contributed by atoms with Crippen LogP contribution in [0.2, 0.25) is 0 Å². The number of nitrogens with two attached hydrogens (primary N) is 4. The van der Waals surface area contributed by atoms with E-state index in [1.807, 2.05) is 13.8 Å². The van der Waals surface area contributed by atoms with Crippen LogP contribution in [0.25, 0.3) is 0 Å². The van der Waals surface area contributed by atoms with Crippen molar-refractivity contribution in [2.45, 2.75) is 89.4 Å². The zero-order chi connectivity index (χ0) is 27.3. The van der Waals surface area contributed by atoms with Gasteiger partial charge in [-0.05, 0) is 63.8 Å². The summed E-state index contributed by atoms with van der Waals surface area (Å²) in [4.78, 5) is 55.9. The maximum atomic E-state index is 13.1. The standard InChI is InChI=1S/C23H44N8O5/c1-14(2)13-17(19(32)29-16(22(35)36)8-3-4-10-24)30-20(33)18-9-6-12-31(18)21(34)15(25)7-5-11-28-23(26)27/h14-18H,3-13,24-25H2,1-2H3,(H,29,32)(H,30,33)(H,35,36)(H4,26,27,28). The molecule has 1 aliphatic heterocycles. The van der Waals surface area contributed by atoms with Crippen LogP contribution in [0, 0.1) is 5.92 Å². The number of rotatable bonds is 16. The van der Waals surface area contributed by atoms with Crippen LogP contribution in [0.15, 0.2) is 4.99 Å². The third-order valence-electron chi connectivity index (χ3n) is 6.02. The highest BCUT2D eigenvalue weighted by molar-refractivity contribution is 5.94. The Morgan fingerprint density at radius 1 is 1.06 bits per heavy atom. The third kappa shape index (κ3) is 10.8. The minimum absolute atomic E-state index is 0.0311. The van der Waals surface area contributed by atoms with Gasteiger partial charge in [-0.2, -0.15) is 0 Å². The van der Waals surface area contributed by atoms with Crippen LogP contribution in [0.1, 0.15) is 65.2 Å². The molecule has 4 atom stereocenters. The molecular formula is C23H44N8O5. The number of amides is 3. The average molecular weight is 513 g/mol. The van der Waals surface area contributed by atoms with Crippen molar-refractivity contribution in [2.75, 3.05) is 19.6 Å². The van der Waals surface area contributed by atoms with E-state index < -0.39 is 42.0 Å². The Kier molecular flexibility index (Phi) is 13.8. The summed E-state index contributed by atoms with van der Waals surface area (Å²) >= 11 is 0. The second-order valence-corrected chi connectivity index (χ2v) is 9.62. The van der Waals surface area contributed by atoms with Crippen LogP contribution in [0.3, 0.4) is 0 Å². The maximum Gasteiger partial charge on any atom is 0.326 e. The van der Waals surface area contributed by atoms with Gasteiger partial charge in [0, 0.05) is 13.1 Å². The molecule has 1 rings (SSSR count). The summed E-state index contributed by atoms with van der Waals surface area (Å²) in [5, 5.41) is 14.8. The number of nitrogens with one attached hydrogen (secondary N) is 2. The van der Waals surface area contributed by atoms with E-state index in [4.69, 9.17) is 22.9 Å². The molecule has 0 aromatic carbocycles. The number of unbranched alkanes of at least 4 members (excludes halogenated alkanes) is 1. The van der Waals surface area contributed by atoms with Crippen LogP contribution in [-0.2, 0) is 19.2 Å². The molecule has 0 aliphatic carbocycles. The summed E-state index contributed by atoms with van der Waals surface area (Å²) in [5.74, 6) is -2.48. The van der Waals surface area contributed by atoms with Crippen molar-refractivity contribution in [1.29, 1.82) is 0 Å². The molecule has 11 N–H and O–H groups in total. The van der Waals surface area contributed by atoms with Crippen LogP contribution in [-0.4, -0.2) is 83.5 Å². The Balaban J connectivity index is 2.82. The molecule has 13 heteroatoms. The minimum atomic E-state index is -1.14. The fourth-order valence-corrected chi connectivity index (χ4v) is 4.15. The van der Waals surface area contributed by atoms with Gasteiger partial charge in [0.2, 0.25) is 17.7 Å². The van der Waals surface area contributed by atoms with Gasteiger partial charge in [-0.25, -0.2) is 4.79 Å². The summed E-state index contributed by atoms with van der Waals surface area (Å²) in [6, 6.07) is -3.55. The molecule has 13 nitrogen and oxygen atoms in total. The molecule has 3 amide bonds. The van der Waals surface area contributed by atoms with Gasteiger partial charge >= 0.3 is 5.97 Å². The quantitative estimate of drug-likeness (QED) is 0.0729. The Labute approximate surface area is 212 Å². The van der Waals surface area contributed by atoms with E-state index in [1.54, 1.807) is 0 Å². The predicted octanol–water partition coefficient (Wildman–Crippen LogP) is -1.41. The number of hydrogen-bond donors (Lipinski definition) is 7. The van der Waals surface area contributed by atoms with E-state index in [9.17, 15) is 24.3 Å². The van der Waals surface area contributed by atoms with Crippen molar-refractivity contribution < 1.29 is 24.3 Å². The van der Waals surface area contributed by atoms with Gasteiger partial charge in [0.25, 0.3) is 0 Å². The summed E-state index contributed by atoms with van der Waals surface area (Å²) < 4.78 is 0. The lowest BCUT2D eigenvalue weighted by atomic mass is 10.0. The molecule has 1 saturated heterocycles. The number of likely N-dealkylation sites (tertiary alicyclic amines) is 1. The number of nitrogens with zero attached hydrogens (tertiary/aromatic N) is 2. The fourth-order valence-electron chi connectivity index (χ4n) is 4.15. The Morgan fingerprint density at radius 2 is 1.75 bits per heavy atom. The molecule has 4 unspecified atom stereocenters. The molecule has 0 spiro atoms. The van der Waals surface area contributed by atoms with Gasteiger partial charge < -0.3 is 43.6 Å². The van der Waals surface area contributed by atoms with E-state index in [1.165, 1.54) is 4.90 Å². The van der Waals surface area contributed by atoms with Crippen molar-refractivity contribution in [2.24, 2.45) is 33.8 Å². The fraction of sp³-hybridized carbons (Fsp3) is 0.783. The third-order valence-corrected chi connectivity index (χ3v) is 6.02. The molecule has 0 radical (unpaired) electrons. The van der Waals surface area contributed by atoms with Crippen molar-refractivity contribution >= 4 is 29.7 Å². The van der Waals surface area contributed by atoms with Crippen LogP contribution < -0.4 is 33.6 Å². The highest BCUT2D eigenvalue weighted by Gasteiger charge is 2.38. The van der Waals surface area contributed by atoms with E-state index >= 15 is 0 Å². The van der Waals surface area contributed by atoms with Crippen molar-refractivity contribution in [1.82, 2.24) is 15.5 Å². The Morgan fingerprint density at radius 3 is 2.33 bits per heavy atom. The van der Waals surface area contributed by atoms with Gasteiger partial charge in [0.1, 0.15) is 18.1 Å². The Hall–Kier alpha value is -2.93. The molecular weight excluding hydrogens is 468 g/mol. The summed E-state index contributed by atoms with van der Waals surface area (Å²) in [6.45, 7) is 4.97. The lowest BCUT2D eigenvalue weighted by molar-refractivity contribution is -0.143. The van der Waals surface area contributed by atoms with Gasteiger partial charge in [-0.3, -0.25) is 19.4 Å². The van der Waals surface area contributed by atoms with Crippen molar-refractivity contribution in [3.05, 3.63) is 0 Å². The molecule has 0 aromatic heterocycles. The molecule has 1 aliphatic rings. The summed E-state index contributed by atoms with van der Waals surface area (Å²) in [7, 11) is 0. The highest BCUT2D eigenvalue weighted by Crippen LogP contribution is 2.20. The van der Waals surface area contributed by atoms with E-state index in [2.05, 4.69) is 15.6 Å². The first-order valence-corrected chi connectivity index (χ1v) is 12.6. The molecule has 1 fully saturated rings. The monoisotopic (exact) mass is 512 g/mol. The van der Waals surface area contributed by atoms with Crippen molar-refractivity contribution in [3.63, 3.8) is 0 Å².